The van der Waals surface area contributed by atoms with E-state index in [0.29, 0.717) is 24.5 Å². The number of benzene rings is 1. The van der Waals surface area contributed by atoms with E-state index in [1.54, 1.807) is 43.0 Å². The van der Waals surface area contributed by atoms with Gasteiger partial charge in [0.1, 0.15) is 5.75 Å². The predicted octanol–water partition coefficient (Wildman–Crippen LogP) is 2.02. The van der Waals surface area contributed by atoms with Gasteiger partial charge in [0.15, 0.2) is 6.10 Å². The van der Waals surface area contributed by atoms with Crippen molar-refractivity contribution in [1.82, 2.24) is 9.99 Å². The molecular weight excluding hydrogens is 334 g/mol. The van der Waals surface area contributed by atoms with Gasteiger partial charge in [-0.15, -0.1) is 0 Å². The number of hydrogen-bond donors (Lipinski definition) is 2. The summed E-state index contributed by atoms with van der Waals surface area (Å²) in [6.07, 6.45) is -0.642. The molecule has 0 saturated heterocycles. The van der Waals surface area contributed by atoms with Crippen LogP contribution in [0.1, 0.15) is 28.7 Å². The van der Waals surface area contributed by atoms with Crippen LogP contribution in [0, 0.1) is 13.8 Å². The third kappa shape index (κ3) is 5.10. The second kappa shape index (κ2) is 9.05. The van der Waals surface area contributed by atoms with Gasteiger partial charge in [0.25, 0.3) is 11.8 Å². The average molecular weight is 359 g/mol. The lowest BCUT2D eigenvalue weighted by Gasteiger charge is -2.15. The first-order valence-corrected chi connectivity index (χ1v) is 8.42. The topological polar surface area (TPSA) is 81.6 Å². The van der Waals surface area contributed by atoms with Crippen LogP contribution in [0.4, 0.5) is 0 Å². The summed E-state index contributed by atoms with van der Waals surface area (Å²) in [5.41, 5.74) is 5.24. The number of amides is 2. The van der Waals surface area contributed by atoms with Crippen LogP contribution in [0.2, 0.25) is 0 Å². The lowest BCUT2D eigenvalue weighted by Crippen LogP contribution is -2.37. The van der Waals surface area contributed by atoms with E-state index in [2.05, 4.69) is 10.7 Å². The molecule has 0 fully saturated rings. The number of methoxy groups -OCH3 is 1. The highest BCUT2D eigenvalue weighted by atomic mass is 16.5. The summed E-state index contributed by atoms with van der Waals surface area (Å²) in [6, 6.07) is 10.5. The number of carbonyl (C=O) groups is 2. The van der Waals surface area contributed by atoms with E-state index in [9.17, 15) is 9.59 Å². The van der Waals surface area contributed by atoms with Gasteiger partial charge in [-0.2, -0.15) is 0 Å². The molecule has 2 rings (SSSR count). The first-order valence-electron chi connectivity index (χ1n) is 8.42. The molecule has 2 aromatic rings. The molecule has 7 nitrogen and oxygen atoms in total. The number of aryl methyl sites for hydroxylation is 2. The Balaban J connectivity index is 1.93. The Hall–Kier alpha value is -2.80. The molecule has 0 bridgehead atoms. The van der Waals surface area contributed by atoms with Gasteiger partial charge in [-0.3, -0.25) is 19.7 Å². The standard InChI is InChI=1S/C19H25N3O4/c1-13-5-6-14(2)22(13)21-19(24)16-7-9-17(10-8-16)26-15(3)18(23)20-11-12-25-4/h5-10,15H,11-12H2,1-4H3,(H,20,23)(H,21,24)/t15-/m0/s1. The molecule has 0 radical (unpaired) electrons. The van der Waals surface area contributed by atoms with Gasteiger partial charge < -0.3 is 14.8 Å². The third-order valence-corrected chi connectivity index (χ3v) is 3.89. The molecule has 0 unspecified atom stereocenters. The highest BCUT2D eigenvalue weighted by molar-refractivity contribution is 6.00. The minimum Gasteiger partial charge on any atom is -0.481 e. The molecule has 0 spiro atoms. The summed E-state index contributed by atoms with van der Waals surface area (Å²) in [7, 11) is 1.57. The zero-order valence-corrected chi connectivity index (χ0v) is 15.5. The normalized spacial score (nSPS) is 11.7. The quantitative estimate of drug-likeness (QED) is 0.707. The van der Waals surface area contributed by atoms with Crippen LogP contribution in [0.3, 0.4) is 0 Å². The Kier molecular flexibility index (Phi) is 6.80. The molecule has 0 aliphatic rings. The lowest BCUT2D eigenvalue weighted by molar-refractivity contribution is -0.127. The van der Waals surface area contributed by atoms with Crippen molar-refractivity contribution >= 4 is 11.8 Å². The minimum atomic E-state index is -0.642. The summed E-state index contributed by atoms with van der Waals surface area (Å²) in [6.45, 7) is 6.38. The average Bonchev–Trinajstić information content (AvgIpc) is 2.94. The van der Waals surface area contributed by atoms with E-state index in [1.165, 1.54) is 0 Å². The van der Waals surface area contributed by atoms with Crippen molar-refractivity contribution in [3.05, 3.63) is 53.3 Å². The largest absolute Gasteiger partial charge is 0.481 e. The summed E-state index contributed by atoms with van der Waals surface area (Å²) < 4.78 is 12.2. The first-order chi connectivity index (χ1) is 12.4. The number of ether oxygens (including phenoxy) is 2. The SMILES string of the molecule is COCCNC(=O)[C@H](C)Oc1ccc(C(=O)Nn2c(C)ccc2C)cc1. The highest BCUT2D eigenvalue weighted by Gasteiger charge is 2.14. The molecular formula is C19H25N3O4. The number of hydrogen-bond acceptors (Lipinski definition) is 4. The van der Waals surface area contributed by atoms with Crippen molar-refractivity contribution in [2.24, 2.45) is 0 Å². The number of carbonyl (C=O) groups excluding carboxylic acids is 2. The van der Waals surface area contributed by atoms with Gasteiger partial charge in [0.2, 0.25) is 0 Å². The van der Waals surface area contributed by atoms with Crippen LogP contribution in [-0.4, -0.2) is 42.9 Å². The second-order valence-corrected chi connectivity index (χ2v) is 5.96. The van der Waals surface area contributed by atoms with Crippen LogP contribution < -0.4 is 15.5 Å². The molecule has 1 atom stereocenters. The van der Waals surface area contributed by atoms with Crippen molar-refractivity contribution < 1.29 is 19.1 Å². The Labute approximate surface area is 153 Å². The van der Waals surface area contributed by atoms with Crippen molar-refractivity contribution in [3.8, 4) is 5.75 Å². The molecule has 140 valence electrons. The Morgan fingerprint density at radius 1 is 1.08 bits per heavy atom. The maximum absolute atomic E-state index is 12.4. The first kappa shape index (κ1) is 19.5. The number of nitrogens with zero attached hydrogens (tertiary/aromatic N) is 1. The number of aromatic nitrogens is 1. The molecule has 0 aliphatic carbocycles. The molecule has 1 aromatic heterocycles. The van der Waals surface area contributed by atoms with E-state index in [4.69, 9.17) is 9.47 Å². The van der Waals surface area contributed by atoms with Gasteiger partial charge in [0.05, 0.1) is 6.61 Å². The smallest absolute Gasteiger partial charge is 0.270 e. The van der Waals surface area contributed by atoms with Crippen molar-refractivity contribution in [1.29, 1.82) is 0 Å². The van der Waals surface area contributed by atoms with Crippen LogP contribution in [-0.2, 0) is 9.53 Å². The Bertz CT molecular complexity index is 733. The van der Waals surface area contributed by atoms with E-state index in [0.717, 1.165) is 11.4 Å². The summed E-state index contributed by atoms with van der Waals surface area (Å²) >= 11 is 0. The summed E-state index contributed by atoms with van der Waals surface area (Å²) in [4.78, 5) is 24.2. The van der Waals surface area contributed by atoms with E-state index in [-0.39, 0.29) is 11.8 Å². The lowest BCUT2D eigenvalue weighted by atomic mass is 10.2. The fourth-order valence-corrected chi connectivity index (χ4v) is 2.37. The molecule has 2 amide bonds. The monoisotopic (exact) mass is 359 g/mol. The maximum Gasteiger partial charge on any atom is 0.270 e. The van der Waals surface area contributed by atoms with Crippen molar-refractivity contribution in [2.75, 3.05) is 25.7 Å². The number of rotatable bonds is 8. The van der Waals surface area contributed by atoms with Gasteiger partial charge in [-0.05, 0) is 57.2 Å². The fraction of sp³-hybridized carbons (Fsp3) is 0.368. The zero-order valence-electron chi connectivity index (χ0n) is 15.5. The third-order valence-electron chi connectivity index (χ3n) is 3.89. The maximum atomic E-state index is 12.4. The molecule has 0 saturated carbocycles. The van der Waals surface area contributed by atoms with Crippen LogP contribution in [0.25, 0.3) is 0 Å². The van der Waals surface area contributed by atoms with E-state index >= 15 is 0 Å². The summed E-state index contributed by atoms with van der Waals surface area (Å²) in [5, 5.41) is 2.71. The van der Waals surface area contributed by atoms with Gasteiger partial charge in [-0.1, -0.05) is 0 Å². The zero-order chi connectivity index (χ0) is 19.1. The van der Waals surface area contributed by atoms with Crippen molar-refractivity contribution in [2.45, 2.75) is 26.9 Å². The second-order valence-electron chi connectivity index (χ2n) is 5.96. The van der Waals surface area contributed by atoms with E-state index in [1.807, 2.05) is 26.0 Å². The van der Waals surface area contributed by atoms with E-state index < -0.39 is 6.10 Å². The molecule has 0 aliphatic heterocycles. The highest BCUT2D eigenvalue weighted by Crippen LogP contribution is 2.15. The molecule has 1 aromatic carbocycles. The molecule has 7 heteroatoms. The summed E-state index contributed by atoms with van der Waals surface area (Å²) in [5.74, 6) is 0.0796. The fourth-order valence-electron chi connectivity index (χ4n) is 2.37. The van der Waals surface area contributed by atoms with Crippen LogP contribution in [0.5, 0.6) is 5.75 Å². The van der Waals surface area contributed by atoms with Crippen LogP contribution in [0.15, 0.2) is 36.4 Å². The molecule has 2 N–H and O–H groups in total. The number of nitrogens with one attached hydrogen (secondary N) is 2. The minimum absolute atomic E-state index is 0.218. The Morgan fingerprint density at radius 2 is 1.69 bits per heavy atom. The van der Waals surface area contributed by atoms with Gasteiger partial charge in [-0.25, -0.2) is 0 Å². The van der Waals surface area contributed by atoms with Crippen LogP contribution >= 0.6 is 0 Å². The van der Waals surface area contributed by atoms with Crippen molar-refractivity contribution in [3.63, 3.8) is 0 Å². The molecule has 1 heterocycles. The van der Waals surface area contributed by atoms with Gasteiger partial charge >= 0.3 is 0 Å². The predicted molar refractivity (Wildman–Crippen MR) is 99.0 cm³/mol. The Morgan fingerprint density at radius 3 is 2.27 bits per heavy atom. The van der Waals surface area contributed by atoms with Gasteiger partial charge in [0, 0.05) is 30.6 Å². The molecule has 26 heavy (non-hydrogen) atoms.